The molecule has 0 saturated heterocycles. The van der Waals surface area contributed by atoms with E-state index in [0.29, 0.717) is 5.82 Å². The molecule has 7 heteroatoms. The van der Waals surface area contributed by atoms with Gasteiger partial charge in [-0.15, -0.1) is 22.7 Å². The molecular weight excluding hydrogens is 308 g/mol. The van der Waals surface area contributed by atoms with Crippen molar-refractivity contribution in [2.75, 3.05) is 0 Å². The molecule has 0 fully saturated rings. The number of rotatable bonds is 2. The molecule has 0 atom stereocenters. The number of thiophene rings is 1. The molecule has 0 aliphatic heterocycles. The van der Waals surface area contributed by atoms with E-state index < -0.39 is 0 Å². The number of nitrogens with zero attached hydrogens (tertiary/aromatic N) is 3. The summed E-state index contributed by atoms with van der Waals surface area (Å²) in [6.45, 7) is 0. The zero-order chi connectivity index (χ0) is 11.0. The minimum absolute atomic E-state index is 0.715. The van der Waals surface area contributed by atoms with Crippen LogP contribution in [0.3, 0.4) is 0 Å². The summed E-state index contributed by atoms with van der Waals surface area (Å²) in [4.78, 5) is 9.73. The summed E-state index contributed by atoms with van der Waals surface area (Å²) in [7, 11) is 0. The summed E-state index contributed by atoms with van der Waals surface area (Å²) in [6.07, 6.45) is 1.48. The largest absolute Gasteiger partial charge is 0.257 e. The van der Waals surface area contributed by atoms with Gasteiger partial charge in [0, 0.05) is 15.2 Å². The standard InChI is InChI=1S/C9H5BrN4S2/c10-5-1-7(15-2-5)6-3-16-9(13-6)8-11-4-12-14-8/h1-4H,(H,11,12,14). The normalized spacial score (nSPS) is 10.8. The van der Waals surface area contributed by atoms with Gasteiger partial charge >= 0.3 is 0 Å². The highest BCUT2D eigenvalue weighted by Crippen LogP contribution is 2.32. The Balaban J connectivity index is 2.00. The van der Waals surface area contributed by atoms with Crippen molar-refractivity contribution in [1.29, 1.82) is 0 Å². The molecule has 4 nitrogen and oxygen atoms in total. The Morgan fingerprint density at radius 1 is 1.25 bits per heavy atom. The maximum atomic E-state index is 4.51. The van der Waals surface area contributed by atoms with Crippen LogP contribution in [0.5, 0.6) is 0 Å². The van der Waals surface area contributed by atoms with E-state index in [4.69, 9.17) is 0 Å². The molecule has 0 bridgehead atoms. The Hall–Kier alpha value is -1.05. The first-order chi connectivity index (χ1) is 7.83. The minimum atomic E-state index is 0.715. The van der Waals surface area contributed by atoms with Crippen LogP contribution in [0.1, 0.15) is 0 Å². The van der Waals surface area contributed by atoms with Crippen LogP contribution in [-0.2, 0) is 0 Å². The van der Waals surface area contributed by atoms with Gasteiger partial charge in [-0.1, -0.05) is 0 Å². The average Bonchev–Trinajstić information content (AvgIpc) is 2.97. The summed E-state index contributed by atoms with van der Waals surface area (Å²) < 4.78 is 1.08. The summed E-state index contributed by atoms with van der Waals surface area (Å²) in [5, 5.41) is 11.5. The fourth-order valence-corrected chi connectivity index (χ4v) is 3.48. The van der Waals surface area contributed by atoms with Gasteiger partial charge in [0.1, 0.15) is 6.33 Å². The zero-order valence-electron chi connectivity index (χ0n) is 7.85. The second-order valence-electron chi connectivity index (χ2n) is 3.00. The molecule has 1 N–H and O–H groups in total. The lowest BCUT2D eigenvalue weighted by molar-refractivity contribution is 1.09. The molecular formula is C9H5BrN4S2. The highest BCUT2D eigenvalue weighted by molar-refractivity contribution is 9.10. The lowest BCUT2D eigenvalue weighted by Gasteiger charge is -1.87. The van der Waals surface area contributed by atoms with Crippen LogP contribution in [0.25, 0.3) is 21.4 Å². The maximum Gasteiger partial charge on any atom is 0.184 e. The van der Waals surface area contributed by atoms with Gasteiger partial charge in [0.25, 0.3) is 0 Å². The van der Waals surface area contributed by atoms with E-state index in [1.54, 1.807) is 22.7 Å². The number of aromatic nitrogens is 4. The monoisotopic (exact) mass is 312 g/mol. The van der Waals surface area contributed by atoms with Crippen LogP contribution in [0, 0.1) is 0 Å². The SMILES string of the molecule is Brc1csc(-c2csc(-c3ncn[nH]3)n2)c1. The molecule has 0 spiro atoms. The van der Waals surface area contributed by atoms with Gasteiger partial charge in [-0.3, -0.25) is 5.10 Å². The Morgan fingerprint density at radius 3 is 2.88 bits per heavy atom. The number of aromatic amines is 1. The molecule has 0 aliphatic rings. The third kappa shape index (κ3) is 1.81. The minimum Gasteiger partial charge on any atom is -0.257 e. The van der Waals surface area contributed by atoms with Gasteiger partial charge in [0.2, 0.25) is 0 Å². The first kappa shape index (κ1) is 10.1. The number of hydrogen-bond donors (Lipinski definition) is 1. The Labute approximate surface area is 108 Å². The number of H-pyrrole nitrogens is 1. The summed E-state index contributed by atoms with van der Waals surface area (Å²) in [5.74, 6) is 0.715. The first-order valence-corrected chi connectivity index (χ1v) is 6.94. The zero-order valence-corrected chi connectivity index (χ0v) is 11.1. The van der Waals surface area contributed by atoms with Crippen molar-refractivity contribution >= 4 is 38.6 Å². The summed E-state index contributed by atoms with van der Waals surface area (Å²) >= 11 is 6.65. The van der Waals surface area contributed by atoms with Gasteiger partial charge < -0.3 is 0 Å². The van der Waals surface area contributed by atoms with Crippen molar-refractivity contribution < 1.29 is 0 Å². The first-order valence-electron chi connectivity index (χ1n) is 4.38. The average molecular weight is 313 g/mol. The van der Waals surface area contributed by atoms with E-state index in [0.717, 1.165) is 20.1 Å². The van der Waals surface area contributed by atoms with Gasteiger partial charge in [0.15, 0.2) is 10.8 Å². The fraction of sp³-hybridized carbons (Fsp3) is 0. The lowest BCUT2D eigenvalue weighted by atomic mass is 10.4. The van der Waals surface area contributed by atoms with E-state index in [2.05, 4.69) is 42.2 Å². The molecule has 3 aromatic rings. The van der Waals surface area contributed by atoms with Crippen molar-refractivity contribution in [3.05, 3.63) is 27.6 Å². The molecule has 16 heavy (non-hydrogen) atoms. The molecule has 3 aromatic heterocycles. The smallest absolute Gasteiger partial charge is 0.184 e. The van der Waals surface area contributed by atoms with Crippen molar-refractivity contribution in [2.24, 2.45) is 0 Å². The van der Waals surface area contributed by atoms with Crippen molar-refractivity contribution in [1.82, 2.24) is 20.2 Å². The predicted octanol–water partition coefficient (Wildman–Crippen LogP) is 3.42. The second-order valence-corrected chi connectivity index (χ2v) is 5.69. The quantitative estimate of drug-likeness (QED) is 0.789. The van der Waals surface area contributed by atoms with Gasteiger partial charge in [0.05, 0.1) is 10.6 Å². The Kier molecular flexibility index (Phi) is 2.58. The van der Waals surface area contributed by atoms with E-state index in [-0.39, 0.29) is 0 Å². The van der Waals surface area contributed by atoms with E-state index >= 15 is 0 Å². The Morgan fingerprint density at radius 2 is 2.19 bits per heavy atom. The van der Waals surface area contributed by atoms with Gasteiger partial charge in [-0.25, -0.2) is 9.97 Å². The van der Waals surface area contributed by atoms with Crippen LogP contribution >= 0.6 is 38.6 Å². The third-order valence-corrected chi connectivity index (χ3v) is 4.50. The van der Waals surface area contributed by atoms with E-state index in [1.807, 2.05) is 10.8 Å². The van der Waals surface area contributed by atoms with Crippen molar-refractivity contribution in [3.63, 3.8) is 0 Å². The topological polar surface area (TPSA) is 54.5 Å². The molecule has 3 heterocycles. The van der Waals surface area contributed by atoms with Crippen LogP contribution in [0.4, 0.5) is 0 Å². The summed E-state index contributed by atoms with van der Waals surface area (Å²) in [6, 6.07) is 2.06. The predicted molar refractivity (Wildman–Crippen MR) is 68.5 cm³/mol. The van der Waals surface area contributed by atoms with Crippen molar-refractivity contribution in [2.45, 2.75) is 0 Å². The van der Waals surface area contributed by atoms with E-state index in [1.165, 1.54) is 6.33 Å². The van der Waals surface area contributed by atoms with Gasteiger partial charge in [-0.05, 0) is 22.0 Å². The molecule has 80 valence electrons. The third-order valence-electron chi connectivity index (χ3n) is 1.94. The number of thiazole rings is 1. The Bertz CT molecular complexity index is 599. The molecule has 0 radical (unpaired) electrons. The highest BCUT2D eigenvalue weighted by Gasteiger charge is 2.09. The van der Waals surface area contributed by atoms with Crippen LogP contribution < -0.4 is 0 Å². The van der Waals surface area contributed by atoms with Gasteiger partial charge in [-0.2, -0.15) is 5.10 Å². The number of nitrogens with one attached hydrogen (secondary N) is 1. The molecule has 0 aromatic carbocycles. The molecule has 0 amide bonds. The maximum absolute atomic E-state index is 4.51. The highest BCUT2D eigenvalue weighted by atomic mass is 79.9. The van der Waals surface area contributed by atoms with Crippen LogP contribution in [0.15, 0.2) is 27.6 Å². The number of halogens is 1. The van der Waals surface area contributed by atoms with Crippen LogP contribution in [0.2, 0.25) is 0 Å². The molecule has 0 saturated carbocycles. The molecule has 0 aliphatic carbocycles. The lowest BCUT2D eigenvalue weighted by Crippen LogP contribution is -1.79. The van der Waals surface area contributed by atoms with Crippen molar-refractivity contribution in [3.8, 4) is 21.4 Å². The number of hydrogen-bond acceptors (Lipinski definition) is 5. The fourth-order valence-electron chi connectivity index (χ4n) is 1.25. The molecule has 3 rings (SSSR count). The summed E-state index contributed by atoms with van der Waals surface area (Å²) in [5.41, 5.74) is 0.979. The van der Waals surface area contributed by atoms with E-state index in [9.17, 15) is 0 Å². The molecule has 0 unspecified atom stereocenters. The second kappa shape index (κ2) is 4.08. The van der Waals surface area contributed by atoms with Crippen LogP contribution in [-0.4, -0.2) is 20.2 Å².